The van der Waals surface area contributed by atoms with Crippen LogP contribution in [0.5, 0.6) is 0 Å². The van der Waals surface area contributed by atoms with Crippen LogP contribution in [0.15, 0.2) is 6.20 Å². The van der Waals surface area contributed by atoms with Crippen molar-refractivity contribution in [1.82, 2.24) is 20.2 Å². The van der Waals surface area contributed by atoms with Gasteiger partial charge in [-0.2, -0.15) is 0 Å². The number of aromatic nitrogens is 2. The van der Waals surface area contributed by atoms with Crippen molar-refractivity contribution in [3.05, 3.63) is 17.7 Å². The summed E-state index contributed by atoms with van der Waals surface area (Å²) in [5, 5.41) is 2.77. The molecule has 6 heteroatoms. The van der Waals surface area contributed by atoms with Crippen molar-refractivity contribution in [2.75, 3.05) is 13.6 Å². The maximum atomic E-state index is 11.7. The number of H-pyrrole nitrogens is 1. The van der Waals surface area contributed by atoms with E-state index < -0.39 is 0 Å². The van der Waals surface area contributed by atoms with E-state index in [0.717, 1.165) is 5.69 Å². The van der Waals surface area contributed by atoms with Gasteiger partial charge in [0, 0.05) is 31.9 Å². The van der Waals surface area contributed by atoms with Gasteiger partial charge in [0.1, 0.15) is 0 Å². The molecular formula is C10H14N4O2. The van der Waals surface area contributed by atoms with Crippen molar-refractivity contribution < 1.29 is 9.59 Å². The fraction of sp³-hybridized carbons (Fsp3) is 0.500. The molecule has 1 aromatic rings. The summed E-state index contributed by atoms with van der Waals surface area (Å²) in [4.78, 5) is 31.3. The van der Waals surface area contributed by atoms with E-state index in [1.807, 2.05) is 6.92 Å². The highest BCUT2D eigenvalue weighted by Gasteiger charge is 2.28. The molecule has 1 aliphatic heterocycles. The number of rotatable bonds is 2. The Kier molecular flexibility index (Phi) is 2.64. The first kappa shape index (κ1) is 10.7. The molecule has 0 bridgehead atoms. The van der Waals surface area contributed by atoms with Crippen molar-refractivity contribution in [2.24, 2.45) is 0 Å². The molecule has 86 valence electrons. The Morgan fingerprint density at radius 1 is 1.69 bits per heavy atom. The number of hydrogen-bond donors (Lipinski definition) is 2. The van der Waals surface area contributed by atoms with Gasteiger partial charge in [-0.05, 0) is 6.92 Å². The predicted molar refractivity (Wildman–Crippen MR) is 56.8 cm³/mol. The SMILES string of the molecule is Cc1cnc(C(=O)N[C@H]2CC(=O)N(C)C2)[nH]1. The van der Waals surface area contributed by atoms with Crippen LogP contribution in [-0.2, 0) is 4.79 Å². The molecule has 0 saturated carbocycles. The fourth-order valence-corrected chi connectivity index (χ4v) is 1.74. The molecule has 0 spiro atoms. The van der Waals surface area contributed by atoms with E-state index in [-0.39, 0.29) is 17.9 Å². The molecule has 2 N–H and O–H groups in total. The van der Waals surface area contributed by atoms with Crippen molar-refractivity contribution in [3.63, 3.8) is 0 Å². The van der Waals surface area contributed by atoms with Crippen molar-refractivity contribution >= 4 is 11.8 Å². The zero-order chi connectivity index (χ0) is 11.7. The lowest BCUT2D eigenvalue weighted by atomic mass is 10.2. The summed E-state index contributed by atoms with van der Waals surface area (Å²) in [6, 6.07) is -0.115. The van der Waals surface area contributed by atoms with Crippen molar-refractivity contribution in [3.8, 4) is 0 Å². The molecule has 2 rings (SSSR count). The number of carbonyl (C=O) groups excluding carboxylic acids is 2. The molecular weight excluding hydrogens is 208 g/mol. The van der Waals surface area contributed by atoms with Crippen LogP contribution in [-0.4, -0.2) is 46.3 Å². The van der Waals surface area contributed by atoms with Gasteiger partial charge in [0.25, 0.3) is 5.91 Å². The monoisotopic (exact) mass is 222 g/mol. The lowest BCUT2D eigenvalue weighted by Crippen LogP contribution is -2.37. The number of likely N-dealkylation sites (N-methyl/N-ethyl adjacent to an activating group) is 1. The lowest BCUT2D eigenvalue weighted by Gasteiger charge is -2.10. The topological polar surface area (TPSA) is 78.1 Å². The number of nitrogens with one attached hydrogen (secondary N) is 2. The van der Waals surface area contributed by atoms with Crippen LogP contribution in [0.3, 0.4) is 0 Å². The summed E-state index contributed by atoms with van der Waals surface area (Å²) in [5.74, 6) is 0.0848. The molecule has 2 heterocycles. The van der Waals surface area contributed by atoms with Crippen LogP contribution < -0.4 is 5.32 Å². The number of aromatic amines is 1. The smallest absolute Gasteiger partial charge is 0.287 e. The average molecular weight is 222 g/mol. The van der Waals surface area contributed by atoms with Gasteiger partial charge in [0.05, 0.1) is 6.04 Å². The van der Waals surface area contributed by atoms with Gasteiger partial charge in [0.15, 0.2) is 5.82 Å². The van der Waals surface area contributed by atoms with Crippen molar-refractivity contribution in [2.45, 2.75) is 19.4 Å². The number of hydrogen-bond acceptors (Lipinski definition) is 3. The molecule has 0 radical (unpaired) electrons. The third-order valence-corrected chi connectivity index (χ3v) is 2.59. The summed E-state index contributed by atoms with van der Waals surface area (Å²) >= 11 is 0. The molecule has 1 fully saturated rings. The summed E-state index contributed by atoms with van der Waals surface area (Å²) in [7, 11) is 1.73. The van der Waals surface area contributed by atoms with Crippen LogP contribution in [0.2, 0.25) is 0 Å². The Bertz CT molecular complexity index is 426. The molecule has 16 heavy (non-hydrogen) atoms. The summed E-state index contributed by atoms with van der Waals surface area (Å²) in [5.41, 5.74) is 0.838. The molecule has 6 nitrogen and oxygen atoms in total. The second-order valence-electron chi connectivity index (χ2n) is 4.06. The number of imidazole rings is 1. The van der Waals surface area contributed by atoms with Crippen LogP contribution in [0.1, 0.15) is 22.7 Å². The highest BCUT2D eigenvalue weighted by atomic mass is 16.2. The number of likely N-dealkylation sites (tertiary alicyclic amines) is 1. The Morgan fingerprint density at radius 3 is 2.94 bits per heavy atom. The normalized spacial score (nSPS) is 20.2. The van der Waals surface area contributed by atoms with Gasteiger partial charge in [0.2, 0.25) is 5.91 Å². The van der Waals surface area contributed by atoms with Gasteiger partial charge >= 0.3 is 0 Å². The molecule has 2 amide bonds. The van der Waals surface area contributed by atoms with E-state index in [1.165, 1.54) is 0 Å². The van der Waals surface area contributed by atoms with Gasteiger partial charge < -0.3 is 15.2 Å². The van der Waals surface area contributed by atoms with E-state index in [2.05, 4.69) is 15.3 Å². The predicted octanol–water partition coefficient (Wildman–Crippen LogP) is -0.321. The van der Waals surface area contributed by atoms with Crippen LogP contribution in [0.4, 0.5) is 0 Å². The first-order chi connectivity index (χ1) is 7.56. The van der Waals surface area contributed by atoms with Crippen LogP contribution in [0.25, 0.3) is 0 Å². The van der Waals surface area contributed by atoms with Crippen LogP contribution >= 0.6 is 0 Å². The maximum absolute atomic E-state index is 11.7. The van der Waals surface area contributed by atoms with Crippen molar-refractivity contribution in [1.29, 1.82) is 0 Å². The van der Waals surface area contributed by atoms with Gasteiger partial charge in [-0.25, -0.2) is 4.98 Å². The highest BCUT2D eigenvalue weighted by molar-refractivity contribution is 5.91. The lowest BCUT2D eigenvalue weighted by molar-refractivity contribution is -0.126. The molecule has 1 aliphatic rings. The molecule has 1 atom stereocenters. The Hall–Kier alpha value is -1.85. The zero-order valence-electron chi connectivity index (χ0n) is 9.28. The Labute approximate surface area is 93.0 Å². The number of nitrogens with zero attached hydrogens (tertiary/aromatic N) is 2. The quantitative estimate of drug-likeness (QED) is 0.719. The second-order valence-corrected chi connectivity index (χ2v) is 4.06. The second kappa shape index (κ2) is 3.96. The van der Waals surface area contributed by atoms with Gasteiger partial charge in [-0.1, -0.05) is 0 Å². The third-order valence-electron chi connectivity index (χ3n) is 2.59. The van der Waals surface area contributed by atoms with Gasteiger partial charge in [-0.15, -0.1) is 0 Å². The minimum atomic E-state index is -0.263. The molecule has 0 aromatic carbocycles. The van der Waals surface area contributed by atoms with E-state index in [9.17, 15) is 9.59 Å². The third kappa shape index (κ3) is 2.05. The first-order valence-electron chi connectivity index (χ1n) is 5.12. The highest BCUT2D eigenvalue weighted by Crippen LogP contribution is 2.08. The Morgan fingerprint density at radius 2 is 2.44 bits per heavy atom. The van der Waals surface area contributed by atoms with E-state index in [1.54, 1.807) is 18.1 Å². The van der Waals surface area contributed by atoms with Gasteiger partial charge in [-0.3, -0.25) is 9.59 Å². The van der Waals surface area contributed by atoms with E-state index >= 15 is 0 Å². The Balaban J connectivity index is 1.96. The number of aryl methyl sites for hydroxylation is 1. The minimum Gasteiger partial charge on any atom is -0.344 e. The molecule has 0 unspecified atom stereocenters. The molecule has 0 aliphatic carbocycles. The molecule has 1 aromatic heterocycles. The van der Waals surface area contributed by atoms with E-state index in [4.69, 9.17) is 0 Å². The number of amides is 2. The summed E-state index contributed by atoms with van der Waals surface area (Å²) in [6.45, 7) is 2.39. The van der Waals surface area contributed by atoms with E-state index in [0.29, 0.717) is 18.8 Å². The average Bonchev–Trinajstić information content (AvgIpc) is 2.75. The largest absolute Gasteiger partial charge is 0.344 e. The fourth-order valence-electron chi connectivity index (χ4n) is 1.74. The number of carbonyl (C=O) groups is 2. The van der Waals surface area contributed by atoms with Crippen LogP contribution in [0, 0.1) is 6.92 Å². The summed E-state index contributed by atoms with van der Waals surface area (Å²) < 4.78 is 0. The maximum Gasteiger partial charge on any atom is 0.287 e. The zero-order valence-corrected chi connectivity index (χ0v) is 9.28. The first-order valence-corrected chi connectivity index (χ1v) is 5.12. The minimum absolute atomic E-state index is 0.0564. The standard InChI is InChI=1S/C10H14N4O2/c1-6-4-11-9(12-6)10(16)13-7-3-8(15)14(2)5-7/h4,7H,3,5H2,1-2H3,(H,11,12)(H,13,16)/t7-/m0/s1. The molecule has 1 saturated heterocycles. The summed E-state index contributed by atoms with van der Waals surface area (Å²) in [6.07, 6.45) is 1.96.